The molecule has 0 heterocycles. The molecule has 0 fully saturated rings. The lowest BCUT2D eigenvalue weighted by atomic mass is 10.00. The number of hydrogen-bond donors (Lipinski definition) is 0. The highest BCUT2D eigenvalue weighted by Gasteiger charge is 2.16. The molecule has 96 valence electrons. The summed E-state index contributed by atoms with van der Waals surface area (Å²) in [6.07, 6.45) is 0.180. The molecule has 0 aliphatic carbocycles. The molecular weight excluding hydrogens is 240 g/mol. The molecule has 0 saturated carbocycles. The predicted molar refractivity (Wildman–Crippen MR) is 72.6 cm³/mol. The Balaban J connectivity index is 2.37. The van der Waals surface area contributed by atoms with Crippen LogP contribution in [0.1, 0.15) is 23.7 Å². The summed E-state index contributed by atoms with van der Waals surface area (Å²) in [4.78, 5) is 23.2. The molecule has 0 N–H and O–H groups in total. The van der Waals surface area contributed by atoms with Crippen molar-refractivity contribution in [3.8, 4) is 11.1 Å². The first-order valence-corrected chi connectivity index (χ1v) is 6.12. The summed E-state index contributed by atoms with van der Waals surface area (Å²) in [7, 11) is 0. The molecule has 2 aromatic carbocycles. The average molecular weight is 254 g/mol. The molecule has 3 heteroatoms. The molecule has 0 unspecified atom stereocenters. The Morgan fingerprint density at radius 2 is 1.58 bits per heavy atom. The molecule has 19 heavy (non-hydrogen) atoms. The van der Waals surface area contributed by atoms with Gasteiger partial charge in [0.05, 0.1) is 5.56 Å². The van der Waals surface area contributed by atoms with E-state index in [1.807, 2.05) is 42.5 Å². The molecule has 0 bridgehead atoms. The van der Waals surface area contributed by atoms with Gasteiger partial charge in [-0.25, -0.2) is 4.79 Å². The fraction of sp³-hybridized carbons (Fsp3) is 0.125. The van der Waals surface area contributed by atoms with E-state index in [9.17, 15) is 9.59 Å². The lowest BCUT2D eigenvalue weighted by Crippen LogP contribution is -2.12. The Morgan fingerprint density at radius 3 is 2.26 bits per heavy atom. The van der Waals surface area contributed by atoms with Gasteiger partial charge < -0.3 is 4.74 Å². The monoisotopic (exact) mass is 254 g/mol. The van der Waals surface area contributed by atoms with Crippen LogP contribution < -0.4 is 0 Å². The predicted octanol–water partition coefficient (Wildman–Crippen LogP) is 3.45. The maximum absolute atomic E-state index is 12.0. The fourth-order valence-corrected chi connectivity index (χ4v) is 1.76. The standard InChI is InChI=1S/C16H14O3/c1-2-15(17)19-16(18)14-11-7-6-10-13(14)12-8-4-3-5-9-12/h3-11H,2H2,1H3. The van der Waals surface area contributed by atoms with Gasteiger partial charge >= 0.3 is 11.9 Å². The third-order valence-corrected chi connectivity index (χ3v) is 2.73. The molecular formula is C16H14O3. The quantitative estimate of drug-likeness (QED) is 0.622. The zero-order valence-corrected chi connectivity index (χ0v) is 10.6. The number of ether oxygens (including phenoxy) is 1. The van der Waals surface area contributed by atoms with Crippen LogP contribution in [0, 0.1) is 0 Å². The van der Waals surface area contributed by atoms with Crippen LogP contribution in [0.3, 0.4) is 0 Å². The van der Waals surface area contributed by atoms with Crippen LogP contribution >= 0.6 is 0 Å². The van der Waals surface area contributed by atoms with Gasteiger partial charge in [0, 0.05) is 6.42 Å². The van der Waals surface area contributed by atoms with Gasteiger partial charge in [0.15, 0.2) is 0 Å². The van der Waals surface area contributed by atoms with Crippen molar-refractivity contribution in [2.45, 2.75) is 13.3 Å². The maximum Gasteiger partial charge on any atom is 0.346 e. The third kappa shape index (κ3) is 3.07. The van der Waals surface area contributed by atoms with Gasteiger partial charge in [-0.05, 0) is 17.2 Å². The van der Waals surface area contributed by atoms with Gasteiger partial charge in [-0.2, -0.15) is 0 Å². The average Bonchev–Trinajstić information content (AvgIpc) is 2.48. The molecule has 0 atom stereocenters. The number of rotatable bonds is 3. The van der Waals surface area contributed by atoms with Crippen molar-refractivity contribution < 1.29 is 14.3 Å². The lowest BCUT2D eigenvalue weighted by molar-refractivity contribution is -0.137. The molecule has 0 saturated heterocycles. The Labute approximate surface area is 111 Å². The number of esters is 2. The first kappa shape index (κ1) is 13.0. The van der Waals surface area contributed by atoms with Crippen molar-refractivity contribution >= 4 is 11.9 Å². The van der Waals surface area contributed by atoms with Crippen molar-refractivity contribution in [2.24, 2.45) is 0 Å². The fourth-order valence-electron chi connectivity index (χ4n) is 1.76. The highest BCUT2D eigenvalue weighted by Crippen LogP contribution is 2.24. The van der Waals surface area contributed by atoms with E-state index in [1.165, 1.54) is 0 Å². The van der Waals surface area contributed by atoms with E-state index in [0.717, 1.165) is 11.1 Å². The summed E-state index contributed by atoms with van der Waals surface area (Å²) in [6.45, 7) is 1.65. The minimum Gasteiger partial charge on any atom is -0.389 e. The highest BCUT2D eigenvalue weighted by atomic mass is 16.6. The maximum atomic E-state index is 12.0. The zero-order valence-electron chi connectivity index (χ0n) is 10.6. The third-order valence-electron chi connectivity index (χ3n) is 2.73. The smallest absolute Gasteiger partial charge is 0.346 e. The summed E-state index contributed by atoms with van der Waals surface area (Å²) in [5, 5.41) is 0. The van der Waals surface area contributed by atoms with Gasteiger partial charge in [0.1, 0.15) is 0 Å². The van der Waals surface area contributed by atoms with Gasteiger partial charge in [-0.15, -0.1) is 0 Å². The van der Waals surface area contributed by atoms with E-state index in [4.69, 9.17) is 4.74 Å². The molecule has 2 aromatic rings. The second-order valence-corrected chi connectivity index (χ2v) is 4.03. The summed E-state index contributed by atoms with van der Waals surface area (Å²) in [5.74, 6) is -1.13. The molecule has 0 aliphatic rings. The molecule has 0 amide bonds. The van der Waals surface area contributed by atoms with E-state index < -0.39 is 11.9 Å². The van der Waals surface area contributed by atoms with Crippen molar-refractivity contribution in [1.29, 1.82) is 0 Å². The zero-order chi connectivity index (χ0) is 13.7. The molecule has 0 radical (unpaired) electrons. The summed E-state index contributed by atoms with van der Waals surface area (Å²) in [6, 6.07) is 16.6. The summed E-state index contributed by atoms with van der Waals surface area (Å²) in [5.41, 5.74) is 2.08. The van der Waals surface area contributed by atoms with E-state index in [-0.39, 0.29) is 6.42 Å². The Kier molecular flexibility index (Phi) is 4.08. The van der Waals surface area contributed by atoms with Gasteiger partial charge in [-0.3, -0.25) is 4.79 Å². The van der Waals surface area contributed by atoms with Gasteiger partial charge in [0.2, 0.25) is 0 Å². The van der Waals surface area contributed by atoms with Crippen molar-refractivity contribution in [1.82, 2.24) is 0 Å². The molecule has 0 aromatic heterocycles. The molecule has 0 spiro atoms. The number of carbonyl (C=O) groups excluding carboxylic acids is 2. The van der Waals surface area contributed by atoms with Gasteiger partial charge in [0.25, 0.3) is 0 Å². The van der Waals surface area contributed by atoms with Crippen LogP contribution in [-0.2, 0) is 9.53 Å². The first-order chi connectivity index (χ1) is 9.22. The topological polar surface area (TPSA) is 43.4 Å². The largest absolute Gasteiger partial charge is 0.389 e. The second-order valence-electron chi connectivity index (χ2n) is 4.03. The van der Waals surface area contributed by atoms with E-state index >= 15 is 0 Å². The number of benzene rings is 2. The summed E-state index contributed by atoms with van der Waals surface area (Å²) < 4.78 is 4.77. The summed E-state index contributed by atoms with van der Waals surface area (Å²) >= 11 is 0. The van der Waals surface area contributed by atoms with Crippen LogP contribution in [0.4, 0.5) is 0 Å². The molecule has 3 nitrogen and oxygen atoms in total. The van der Waals surface area contributed by atoms with Crippen LogP contribution in [0.25, 0.3) is 11.1 Å². The van der Waals surface area contributed by atoms with Crippen LogP contribution in [-0.4, -0.2) is 11.9 Å². The molecule has 2 rings (SSSR count). The number of hydrogen-bond acceptors (Lipinski definition) is 3. The van der Waals surface area contributed by atoms with Crippen LogP contribution in [0.5, 0.6) is 0 Å². The first-order valence-electron chi connectivity index (χ1n) is 6.12. The Morgan fingerprint density at radius 1 is 0.947 bits per heavy atom. The van der Waals surface area contributed by atoms with Crippen molar-refractivity contribution in [3.63, 3.8) is 0 Å². The van der Waals surface area contributed by atoms with Crippen molar-refractivity contribution in [2.75, 3.05) is 0 Å². The second kappa shape index (κ2) is 5.96. The number of carbonyl (C=O) groups is 2. The van der Waals surface area contributed by atoms with Crippen LogP contribution in [0.15, 0.2) is 54.6 Å². The highest BCUT2D eigenvalue weighted by molar-refractivity contribution is 6.01. The SMILES string of the molecule is CCC(=O)OC(=O)c1ccccc1-c1ccccc1. The van der Waals surface area contributed by atoms with Crippen molar-refractivity contribution in [3.05, 3.63) is 60.2 Å². The Hall–Kier alpha value is -2.42. The van der Waals surface area contributed by atoms with E-state index in [1.54, 1.807) is 19.1 Å². The van der Waals surface area contributed by atoms with Gasteiger partial charge in [-0.1, -0.05) is 55.5 Å². The van der Waals surface area contributed by atoms with Crippen LogP contribution in [0.2, 0.25) is 0 Å². The Bertz CT molecular complexity index is 588. The molecule has 0 aliphatic heterocycles. The normalized spacial score (nSPS) is 9.95. The lowest BCUT2D eigenvalue weighted by Gasteiger charge is -2.08. The minimum atomic E-state index is -0.605. The van der Waals surface area contributed by atoms with E-state index in [0.29, 0.717) is 5.56 Å². The van der Waals surface area contributed by atoms with E-state index in [2.05, 4.69) is 0 Å². The minimum absolute atomic E-state index is 0.180.